The normalized spacial score (nSPS) is 13.9. The number of alkyl halides is 3. The Morgan fingerprint density at radius 3 is 2.26 bits per heavy atom. The first kappa shape index (κ1) is 19.4. The number of rotatable bonds is 4. The number of amides is 1. The molecule has 27 heavy (non-hydrogen) atoms. The molecule has 0 unspecified atom stereocenters. The standard InChI is InChI=1S/C21H23F3N2O/c1-3-25(4-2)14-20(27)26-18-8-6-5-7-15(18)9-10-16-11-12-17(13-19(16)26)21(22,23)24/h5-8,11-13H,3-4,9-10,14H2,1-2H3. The first-order chi connectivity index (χ1) is 12.8. The molecule has 0 aliphatic carbocycles. The molecule has 0 bridgehead atoms. The first-order valence-corrected chi connectivity index (χ1v) is 9.18. The number of likely N-dealkylation sites (N-methyl/N-ethyl adjacent to an activating group) is 1. The highest BCUT2D eigenvalue weighted by Gasteiger charge is 2.33. The summed E-state index contributed by atoms with van der Waals surface area (Å²) >= 11 is 0. The van der Waals surface area contributed by atoms with Crippen molar-refractivity contribution in [1.29, 1.82) is 0 Å². The fourth-order valence-electron chi connectivity index (χ4n) is 3.48. The molecule has 6 heteroatoms. The number of nitrogens with zero attached hydrogens (tertiary/aromatic N) is 2. The summed E-state index contributed by atoms with van der Waals surface area (Å²) in [5.41, 5.74) is 2.00. The monoisotopic (exact) mass is 376 g/mol. The fraction of sp³-hybridized carbons (Fsp3) is 0.381. The molecule has 144 valence electrons. The van der Waals surface area contributed by atoms with Crippen molar-refractivity contribution in [3.63, 3.8) is 0 Å². The van der Waals surface area contributed by atoms with Gasteiger partial charge in [-0.05, 0) is 55.3 Å². The lowest BCUT2D eigenvalue weighted by Gasteiger charge is -2.28. The van der Waals surface area contributed by atoms with E-state index in [1.54, 1.807) is 0 Å². The summed E-state index contributed by atoms with van der Waals surface area (Å²) in [6.45, 7) is 5.49. The van der Waals surface area contributed by atoms with Gasteiger partial charge in [0.25, 0.3) is 0 Å². The van der Waals surface area contributed by atoms with Crippen LogP contribution in [0, 0.1) is 0 Å². The Balaban J connectivity index is 2.13. The molecule has 0 aromatic heterocycles. The van der Waals surface area contributed by atoms with Gasteiger partial charge in [0.1, 0.15) is 0 Å². The summed E-state index contributed by atoms with van der Waals surface area (Å²) in [6, 6.07) is 11.2. The lowest BCUT2D eigenvalue weighted by atomic mass is 10.0. The van der Waals surface area contributed by atoms with E-state index in [0.29, 0.717) is 37.3 Å². The zero-order valence-corrected chi connectivity index (χ0v) is 15.5. The van der Waals surface area contributed by atoms with Crippen LogP contribution in [0.2, 0.25) is 0 Å². The number of benzene rings is 2. The number of hydrogen-bond acceptors (Lipinski definition) is 2. The minimum absolute atomic E-state index is 0.164. The van der Waals surface area contributed by atoms with Gasteiger partial charge in [-0.2, -0.15) is 13.2 Å². The fourth-order valence-corrected chi connectivity index (χ4v) is 3.48. The van der Waals surface area contributed by atoms with Gasteiger partial charge in [-0.1, -0.05) is 38.1 Å². The Bertz CT molecular complexity index is 828. The topological polar surface area (TPSA) is 23.6 Å². The summed E-state index contributed by atoms with van der Waals surface area (Å²) < 4.78 is 39.9. The third-order valence-electron chi connectivity index (χ3n) is 5.05. The van der Waals surface area contributed by atoms with Crippen LogP contribution in [0.4, 0.5) is 24.5 Å². The second kappa shape index (κ2) is 7.72. The molecule has 0 N–H and O–H groups in total. The van der Waals surface area contributed by atoms with Crippen molar-refractivity contribution in [3.05, 3.63) is 59.2 Å². The molecule has 0 saturated heterocycles. The number of hydrogen-bond donors (Lipinski definition) is 0. The summed E-state index contributed by atoms with van der Waals surface area (Å²) in [5.74, 6) is -0.214. The Hall–Kier alpha value is -2.34. The van der Waals surface area contributed by atoms with Crippen LogP contribution in [0.25, 0.3) is 0 Å². The van der Waals surface area contributed by atoms with Crippen LogP contribution >= 0.6 is 0 Å². The second-order valence-corrected chi connectivity index (χ2v) is 6.66. The highest BCUT2D eigenvalue weighted by Crippen LogP contribution is 2.40. The Morgan fingerprint density at radius 1 is 1.00 bits per heavy atom. The molecule has 0 radical (unpaired) electrons. The van der Waals surface area contributed by atoms with Crippen molar-refractivity contribution >= 4 is 17.3 Å². The molecule has 1 aliphatic rings. The van der Waals surface area contributed by atoms with Crippen molar-refractivity contribution < 1.29 is 18.0 Å². The quantitative estimate of drug-likeness (QED) is 0.765. The van der Waals surface area contributed by atoms with Crippen molar-refractivity contribution in [2.45, 2.75) is 32.9 Å². The van der Waals surface area contributed by atoms with Crippen LogP contribution in [0.5, 0.6) is 0 Å². The van der Waals surface area contributed by atoms with Gasteiger partial charge in [0.05, 0.1) is 23.5 Å². The minimum atomic E-state index is -4.45. The van der Waals surface area contributed by atoms with Gasteiger partial charge in [0, 0.05) is 0 Å². The molecule has 0 atom stereocenters. The Labute approximate surface area is 157 Å². The molecule has 0 fully saturated rings. The predicted octanol–water partition coefficient (Wildman–Crippen LogP) is 4.81. The number of aryl methyl sites for hydroxylation is 2. The summed E-state index contributed by atoms with van der Waals surface area (Å²) in [5, 5.41) is 0. The van der Waals surface area contributed by atoms with E-state index in [1.165, 1.54) is 11.0 Å². The second-order valence-electron chi connectivity index (χ2n) is 6.66. The van der Waals surface area contributed by atoms with Gasteiger partial charge in [-0.3, -0.25) is 14.6 Å². The van der Waals surface area contributed by atoms with Crippen molar-refractivity contribution in [3.8, 4) is 0 Å². The molecule has 1 aliphatic heterocycles. The van der Waals surface area contributed by atoms with E-state index in [0.717, 1.165) is 23.3 Å². The van der Waals surface area contributed by atoms with E-state index in [-0.39, 0.29) is 12.5 Å². The number of carbonyl (C=O) groups excluding carboxylic acids is 1. The molecule has 3 nitrogen and oxygen atoms in total. The predicted molar refractivity (Wildman–Crippen MR) is 100 cm³/mol. The third-order valence-corrected chi connectivity index (χ3v) is 5.05. The maximum absolute atomic E-state index is 13.3. The summed E-state index contributed by atoms with van der Waals surface area (Å²) in [4.78, 5) is 16.6. The van der Waals surface area contributed by atoms with Crippen LogP contribution in [0.15, 0.2) is 42.5 Å². The lowest BCUT2D eigenvalue weighted by Crippen LogP contribution is -2.38. The lowest BCUT2D eigenvalue weighted by molar-refractivity contribution is -0.137. The summed E-state index contributed by atoms with van der Waals surface area (Å²) in [7, 11) is 0. The number of carbonyl (C=O) groups is 1. The average Bonchev–Trinajstić information content (AvgIpc) is 2.81. The van der Waals surface area contributed by atoms with Gasteiger partial charge in [-0.25, -0.2) is 0 Å². The average molecular weight is 376 g/mol. The van der Waals surface area contributed by atoms with Crippen LogP contribution in [0.3, 0.4) is 0 Å². The van der Waals surface area contributed by atoms with Gasteiger partial charge in [-0.15, -0.1) is 0 Å². The zero-order valence-electron chi connectivity index (χ0n) is 15.5. The van der Waals surface area contributed by atoms with Crippen LogP contribution in [-0.4, -0.2) is 30.4 Å². The highest BCUT2D eigenvalue weighted by atomic mass is 19.4. The van der Waals surface area contributed by atoms with Crippen LogP contribution in [-0.2, 0) is 23.8 Å². The molecule has 1 heterocycles. The molecule has 3 rings (SSSR count). The Kier molecular flexibility index (Phi) is 5.56. The molecule has 0 spiro atoms. The third kappa shape index (κ3) is 4.00. The molecule has 0 saturated carbocycles. The summed E-state index contributed by atoms with van der Waals surface area (Å²) in [6.07, 6.45) is -3.17. The minimum Gasteiger partial charge on any atom is -0.295 e. The van der Waals surface area contributed by atoms with Gasteiger partial charge in [0.2, 0.25) is 5.91 Å². The van der Waals surface area contributed by atoms with Crippen molar-refractivity contribution in [2.24, 2.45) is 0 Å². The Morgan fingerprint density at radius 2 is 1.63 bits per heavy atom. The van der Waals surface area contributed by atoms with E-state index < -0.39 is 11.7 Å². The SMILES string of the molecule is CCN(CC)CC(=O)N1c2ccccc2CCc2ccc(C(F)(F)F)cc21. The van der Waals surface area contributed by atoms with Crippen molar-refractivity contribution in [1.82, 2.24) is 4.90 Å². The van der Waals surface area contributed by atoms with Gasteiger partial charge >= 0.3 is 6.18 Å². The van der Waals surface area contributed by atoms with E-state index in [4.69, 9.17) is 0 Å². The maximum atomic E-state index is 13.3. The first-order valence-electron chi connectivity index (χ1n) is 9.18. The largest absolute Gasteiger partial charge is 0.416 e. The van der Waals surface area contributed by atoms with Gasteiger partial charge in [0.15, 0.2) is 0 Å². The zero-order chi connectivity index (χ0) is 19.6. The smallest absolute Gasteiger partial charge is 0.295 e. The number of halogens is 3. The maximum Gasteiger partial charge on any atom is 0.416 e. The number of anilines is 2. The molecule has 2 aromatic carbocycles. The van der Waals surface area contributed by atoms with E-state index in [2.05, 4.69) is 0 Å². The van der Waals surface area contributed by atoms with Gasteiger partial charge < -0.3 is 0 Å². The molecule has 2 aromatic rings. The van der Waals surface area contributed by atoms with E-state index in [9.17, 15) is 18.0 Å². The van der Waals surface area contributed by atoms with Crippen molar-refractivity contribution in [2.75, 3.05) is 24.5 Å². The molecular weight excluding hydrogens is 353 g/mol. The number of para-hydroxylation sites is 1. The van der Waals surface area contributed by atoms with E-state index in [1.807, 2.05) is 43.0 Å². The van der Waals surface area contributed by atoms with Crippen LogP contribution < -0.4 is 4.90 Å². The highest BCUT2D eigenvalue weighted by molar-refractivity contribution is 6.03. The molecular formula is C21H23F3N2O. The molecule has 1 amide bonds. The van der Waals surface area contributed by atoms with E-state index >= 15 is 0 Å². The van der Waals surface area contributed by atoms with Crippen LogP contribution in [0.1, 0.15) is 30.5 Å². The number of fused-ring (bicyclic) bond motifs is 2.